The average Bonchev–Trinajstić information content (AvgIpc) is 2.45. The Kier molecular flexibility index (Phi) is 4.11. The summed E-state index contributed by atoms with van der Waals surface area (Å²) in [4.78, 5) is 12.2. The van der Waals surface area contributed by atoms with Crippen molar-refractivity contribution in [2.24, 2.45) is 0 Å². The van der Waals surface area contributed by atoms with E-state index in [9.17, 15) is 22.4 Å². The summed E-state index contributed by atoms with van der Waals surface area (Å²) in [6.07, 6.45) is -3.95. The largest absolute Gasteiger partial charge is 0.417 e. The highest BCUT2D eigenvalue weighted by molar-refractivity contribution is 6.10. The van der Waals surface area contributed by atoms with Crippen LogP contribution in [0.3, 0.4) is 0 Å². The molecule has 0 radical (unpaired) electrons. The van der Waals surface area contributed by atoms with Gasteiger partial charge in [0.1, 0.15) is 5.82 Å². The molecule has 0 aliphatic carbocycles. The van der Waals surface area contributed by atoms with E-state index in [4.69, 9.17) is 0 Å². The molecular weight excluding hydrogens is 284 g/mol. The molecule has 2 aromatic carbocycles. The van der Waals surface area contributed by atoms with Crippen molar-refractivity contribution < 1.29 is 22.4 Å². The van der Waals surface area contributed by atoms with E-state index in [0.29, 0.717) is 18.2 Å². The van der Waals surface area contributed by atoms with Crippen molar-refractivity contribution in [1.82, 2.24) is 0 Å². The number of ketones is 1. The van der Waals surface area contributed by atoms with Crippen LogP contribution in [-0.4, -0.2) is 5.78 Å². The second kappa shape index (κ2) is 5.68. The number of hydrogen-bond donors (Lipinski definition) is 0. The minimum absolute atomic E-state index is 0.100. The first kappa shape index (κ1) is 15.2. The van der Waals surface area contributed by atoms with Crippen LogP contribution in [0.25, 0.3) is 0 Å². The number of hydrogen-bond acceptors (Lipinski definition) is 1. The Hall–Kier alpha value is -2.17. The van der Waals surface area contributed by atoms with Gasteiger partial charge in [-0.15, -0.1) is 0 Å². The molecule has 110 valence electrons. The lowest BCUT2D eigenvalue weighted by Crippen LogP contribution is -2.14. The number of benzene rings is 2. The van der Waals surface area contributed by atoms with Crippen molar-refractivity contribution >= 4 is 5.78 Å². The molecule has 0 spiro atoms. The molecule has 0 saturated heterocycles. The Morgan fingerprint density at radius 3 is 2.19 bits per heavy atom. The van der Waals surface area contributed by atoms with Gasteiger partial charge < -0.3 is 0 Å². The minimum Gasteiger partial charge on any atom is -0.289 e. The quantitative estimate of drug-likeness (QED) is 0.596. The zero-order valence-corrected chi connectivity index (χ0v) is 11.2. The highest BCUT2D eigenvalue weighted by atomic mass is 19.4. The van der Waals surface area contributed by atoms with E-state index >= 15 is 0 Å². The predicted octanol–water partition coefficient (Wildman–Crippen LogP) is 4.64. The standard InChI is InChI=1S/C16H12F4O/c1-2-10-3-5-11(6-4-10)15(21)13-9-12(17)7-8-14(13)16(18,19)20/h3-9H,2H2,1H3. The van der Waals surface area contributed by atoms with Crippen LogP contribution in [0.4, 0.5) is 17.6 Å². The first-order chi connectivity index (χ1) is 9.82. The molecule has 2 rings (SSSR count). The van der Waals surface area contributed by atoms with Gasteiger partial charge in [-0.1, -0.05) is 31.2 Å². The molecular formula is C16H12F4O. The Morgan fingerprint density at radius 1 is 1.05 bits per heavy atom. The molecule has 0 N–H and O–H groups in total. The summed E-state index contributed by atoms with van der Waals surface area (Å²) in [6, 6.07) is 8.14. The topological polar surface area (TPSA) is 17.1 Å². The van der Waals surface area contributed by atoms with E-state index < -0.39 is 28.9 Å². The third-order valence-corrected chi connectivity index (χ3v) is 3.16. The SMILES string of the molecule is CCc1ccc(C(=O)c2cc(F)ccc2C(F)(F)F)cc1. The van der Waals surface area contributed by atoms with Crippen molar-refractivity contribution in [2.75, 3.05) is 0 Å². The summed E-state index contributed by atoms with van der Waals surface area (Å²) in [7, 11) is 0. The van der Waals surface area contributed by atoms with E-state index in [1.165, 1.54) is 12.1 Å². The van der Waals surface area contributed by atoms with Gasteiger partial charge in [0.2, 0.25) is 0 Å². The summed E-state index contributed by atoms with van der Waals surface area (Å²) < 4.78 is 51.9. The zero-order valence-electron chi connectivity index (χ0n) is 11.2. The molecule has 0 aliphatic heterocycles. The van der Waals surface area contributed by atoms with Crippen molar-refractivity contribution in [3.8, 4) is 0 Å². The maximum Gasteiger partial charge on any atom is 0.417 e. The zero-order chi connectivity index (χ0) is 15.6. The lowest BCUT2D eigenvalue weighted by atomic mass is 9.97. The van der Waals surface area contributed by atoms with Gasteiger partial charge in [0.25, 0.3) is 0 Å². The van der Waals surface area contributed by atoms with Gasteiger partial charge in [0.15, 0.2) is 5.78 Å². The lowest BCUT2D eigenvalue weighted by molar-refractivity contribution is -0.137. The fourth-order valence-electron chi connectivity index (χ4n) is 2.00. The predicted molar refractivity (Wildman–Crippen MR) is 70.7 cm³/mol. The number of carbonyl (C=O) groups excluding carboxylic acids is 1. The molecule has 0 bridgehead atoms. The number of halogens is 4. The third-order valence-electron chi connectivity index (χ3n) is 3.16. The smallest absolute Gasteiger partial charge is 0.289 e. The number of alkyl halides is 3. The molecule has 1 nitrogen and oxygen atoms in total. The summed E-state index contributed by atoms with van der Waals surface area (Å²) in [6.45, 7) is 1.92. The lowest BCUT2D eigenvalue weighted by Gasteiger charge is -2.12. The van der Waals surface area contributed by atoms with Gasteiger partial charge in [0, 0.05) is 11.1 Å². The third kappa shape index (κ3) is 3.29. The normalized spacial score (nSPS) is 11.5. The van der Waals surface area contributed by atoms with Crippen LogP contribution in [0.5, 0.6) is 0 Å². The Labute approximate surface area is 119 Å². The Balaban J connectivity index is 2.49. The molecule has 0 heterocycles. The summed E-state index contributed by atoms with van der Waals surface area (Å²) in [5, 5.41) is 0. The van der Waals surface area contributed by atoms with Crippen LogP contribution in [0.2, 0.25) is 0 Å². The highest BCUT2D eigenvalue weighted by Gasteiger charge is 2.35. The summed E-state index contributed by atoms with van der Waals surface area (Å²) in [5.74, 6) is -1.72. The van der Waals surface area contributed by atoms with E-state index in [-0.39, 0.29) is 5.56 Å². The summed E-state index contributed by atoms with van der Waals surface area (Å²) in [5.41, 5.74) is -0.745. The van der Waals surface area contributed by atoms with Crippen LogP contribution in [0.1, 0.15) is 34.0 Å². The fourth-order valence-corrected chi connectivity index (χ4v) is 2.00. The van der Waals surface area contributed by atoms with E-state index in [1.807, 2.05) is 6.92 Å². The van der Waals surface area contributed by atoms with E-state index in [1.54, 1.807) is 12.1 Å². The molecule has 0 amide bonds. The van der Waals surface area contributed by atoms with E-state index in [2.05, 4.69) is 0 Å². The van der Waals surface area contributed by atoms with Crippen molar-refractivity contribution in [3.63, 3.8) is 0 Å². The number of aryl methyl sites for hydroxylation is 1. The molecule has 5 heteroatoms. The number of carbonyl (C=O) groups is 1. The second-order valence-electron chi connectivity index (χ2n) is 4.57. The van der Waals surface area contributed by atoms with Gasteiger partial charge in [-0.2, -0.15) is 13.2 Å². The molecule has 0 aromatic heterocycles. The molecule has 0 aliphatic rings. The fraction of sp³-hybridized carbons (Fsp3) is 0.188. The highest BCUT2D eigenvalue weighted by Crippen LogP contribution is 2.33. The van der Waals surface area contributed by atoms with Crippen molar-refractivity contribution in [2.45, 2.75) is 19.5 Å². The van der Waals surface area contributed by atoms with Crippen LogP contribution in [0.15, 0.2) is 42.5 Å². The molecule has 0 fully saturated rings. The van der Waals surface area contributed by atoms with Gasteiger partial charge in [-0.25, -0.2) is 4.39 Å². The first-order valence-electron chi connectivity index (χ1n) is 6.33. The number of rotatable bonds is 3. The van der Waals surface area contributed by atoms with Gasteiger partial charge in [-0.3, -0.25) is 4.79 Å². The average molecular weight is 296 g/mol. The molecule has 0 unspecified atom stereocenters. The maximum atomic E-state index is 13.2. The van der Waals surface area contributed by atoms with Gasteiger partial charge in [0.05, 0.1) is 5.56 Å². The van der Waals surface area contributed by atoms with Crippen molar-refractivity contribution in [1.29, 1.82) is 0 Å². The van der Waals surface area contributed by atoms with Crippen LogP contribution < -0.4 is 0 Å². The molecule has 0 atom stereocenters. The van der Waals surface area contributed by atoms with Crippen molar-refractivity contribution in [3.05, 3.63) is 70.5 Å². The van der Waals surface area contributed by atoms with Crippen LogP contribution in [-0.2, 0) is 12.6 Å². The Bertz CT molecular complexity index is 657. The minimum atomic E-state index is -4.71. The second-order valence-corrected chi connectivity index (χ2v) is 4.57. The monoisotopic (exact) mass is 296 g/mol. The van der Waals surface area contributed by atoms with Gasteiger partial charge >= 0.3 is 6.18 Å². The first-order valence-corrected chi connectivity index (χ1v) is 6.33. The molecule has 21 heavy (non-hydrogen) atoms. The Morgan fingerprint density at radius 2 is 1.67 bits per heavy atom. The maximum absolute atomic E-state index is 13.2. The molecule has 2 aromatic rings. The van der Waals surface area contributed by atoms with Gasteiger partial charge in [-0.05, 0) is 30.2 Å². The van der Waals surface area contributed by atoms with E-state index in [0.717, 1.165) is 12.0 Å². The van der Waals surface area contributed by atoms with Crippen LogP contribution in [0, 0.1) is 5.82 Å². The van der Waals surface area contributed by atoms with Crippen LogP contribution >= 0.6 is 0 Å². The molecule has 0 saturated carbocycles. The summed E-state index contributed by atoms with van der Waals surface area (Å²) >= 11 is 0.